The molecule has 31 heavy (non-hydrogen) atoms. The number of benzene rings is 1. The molecule has 1 atom stereocenters. The molecule has 0 bridgehead atoms. The molecule has 3 aromatic rings. The summed E-state index contributed by atoms with van der Waals surface area (Å²) >= 11 is 1.45. The molecule has 2 amide bonds. The zero-order chi connectivity index (χ0) is 22.0. The quantitative estimate of drug-likeness (QED) is 0.593. The van der Waals surface area contributed by atoms with Gasteiger partial charge in [0.15, 0.2) is 0 Å². The molecular weight excluding hydrogens is 416 g/mol. The molecule has 1 N–H and O–H groups in total. The molecule has 0 spiro atoms. The number of morpholine rings is 1. The van der Waals surface area contributed by atoms with Gasteiger partial charge in [-0.1, -0.05) is 18.2 Å². The predicted molar refractivity (Wildman–Crippen MR) is 119 cm³/mol. The number of aryl methyl sites for hydroxylation is 1. The van der Waals surface area contributed by atoms with E-state index in [2.05, 4.69) is 10.4 Å². The lowest BCUT2D eigenvalue weighted by Gasteiger charge is -2.33. The minimum atomic E-state index is -0.381. The Balaban J connectivity index is 1.64. The zero-order valence-electron chi connectivity index (χ0n) is 17.9. The molecule has 1 aromatic carbocycles. The number of nitrogens with one attached hydrogen (secondary N) is 1. The third kappa shape index (κ3) is 4.21. The Labute approximate surface area is 184 Å². The maximum Gasteiger partial charge on any atom is 0.261 e. The average Bonchev–Trinajstić information content (AvgIpc) is 3.34. The van der Waals surface area contributed by atoms with Crippen LogP contribution >= 0.6 is 11.3 Å². The van der Waals surface area contributed by atoms with Crippen molar-refractivity contribution in [2.75, 3.05) is 40.0 Å². The summed E-state index contributed by atoms with van der Waals surface area (Å²) in [6.07, 6.45) is 1.23. The van der Waals surface area contributed by atoms with Crippen molar-refractivity contribution in [2.24, 2.45) is 7.05 Å². The number of amides is 2. The molecule has 1 aliphatic heterocycles. The van der Waals surface area contributed by atoms with Crippen molar-refractivity contribution in [1.29, 1.82) is 0 Å². The third-order valence-electron chi connectivity index (χ3n) is 5.57. The first-order chi connectivity index (χ1) is 15.0. The zero-order valence-corrected chi connectivity index (χ0v) is 18.7. The van der Waals surface area contributed by atoms with Gasteiger partial charge >= 0.3 is 0 Å². The Morgan fingerprint density at radius 1 is 1.35 bits per heavy atom. The number of hydrogen-bond acceptors (Lipinski definition) is 6. The topological polar surface area (TPSA) is 85.7 Å². The van der Waals surface area contributed by atoms with Crippen molar-refractivity contribution >= 4 is 33.2 Å². The number of thiophene rings is 1. The van der Waals surface area contributed by atoms with Crippen LogP contribution in [0.15, 0.2) is 30.5 Å². The fourth-order valence-corrected chi connectivity index (χ4v) is 4.96. The minimum Gasteiger partial charge on any atom is -0.383 e. The molecule has 1 fully saturated rings. The molecule has 0 saturated carbocycles. The van der Waals surface area contributed by atoms with Gasteiger partial charge < -0.3 is 19.7 Å². The lowest BCUT2D eigenvalue weighted by Crippen LogP contribution is -2.42. The number of nitrogens with zero attached hydrogens (tertiary/aromatic N) is 3. The number of aromatic nitrogens is 2. The van der Waals surface area contributed by atoms with Gasteiger partial charge in [-0.15, -0.1) is 11.3 Å². The molecule has 4 rings (SSSR count). The number of rotatable bonds is 6. The van der Waals surface area contributed by atoms with E-state index < -0.39 is 0 Å². The molecule has 0 aliphatic carbocycles. The summed E-state index contributed by atoms with van der Waals surface area (Å²) in [6, 6.07) is 7.91. The van der Waals surface area contributed by atoms with Gasteiger partial charge in [-0.05, 0) is 18.4 Å². The van der Waals surface area contributed by atoms with Crippen molar-refractivity contribution in [3.63, 3.8) is 0 Å². The van der Waals surface area contributed by atoms with E-state index in [9.17, 15) is 9.59 Å². The van der Waals surface area contributed by atoms with Gasteiger partial charge in [0.25, 0.3) is 11.8 Å². The number of hydrogen-bond donors (Lipinski definition) is 1. The first kappa shape index (κ1) is 21.5. The van der Waals surface area contributed by atoms with Gasteiger partial charge in [0, 0.05) is 43.2 Å². The molecular formula is C22H26N4O4S. The average molecular weight is 443 g/mol. The van der Waals surface area contributed by atoms with Crippen LogP contribution in [0.25, 0.3) is 10.1 Å². The van der Waals surface area contributed by atoms with Crippen LogP contribution in [-0.4, -0.2) is 66.5 Å². The summed E-state index contributed by atoms with van der Waals surface area (Å²) in [5.41, 5.74) is 2.26. The van der Waals surface area contributed by atoms with Crippen LogP contribution in [0.4, 0.5) is 0 Å². The highest BCUT2D eigenvalue weighted by Gasteiger charge is 2.32. The number of carbonyl (C=O) groups is 2. The third-order valence-corrected chi connectivity index (χ3v) is 6.76. The standard InChI is InChI=1S/C22H26N4O4S/c1-14-16(12-24-25(14)2)22(28)26-9-11-30-17(13-26)19-15-6-4-5-7-18(15)31-20(19)21(27)23-8-10-29-3/h4-7,12,17H,8-11,13H2,1-3H3,(H,23,27)/t17-/m1/s1. The molecule has 0 radical (unpaired) electrons. The Morgan fingerprint density at radius 3 is 2.90 bits per heavy atom. The van der Waals surface area contributed by atoms with Crippen LogP contribution in [0.1, 0.15) is 37.4 Å². The van der Waals surface area contributed by atoms with Gasteiger partial charge in [-0.25, -0.2) is 0 Å². The van der Waals surface area contributed by atoms with Gasteiger partial charge in [0.05, 0.1) is 36.4 Å². The van der Waals surface area contributed by atoms with E-state index in [0.29, 0.717) is 43.3 Å². The molecule has 8 nitrogen and oxygen atoms in total. The maximum absolute atomic E-state index is 13.1. The number of ether oxygens (including phenoxy) is 2. The van der Waals surface area contributed by atoms with E-state index in [1.807, 2.05) is 38.2 Å². The van der Waals surface area contributed by atoms with Crippen LogP contribution in [-0.2, 0) is 16.5 Å². The van der Waals surface area contributed by atoms with E-state index in [0.717, 1.165) is 21.3 Å². The van der Waals surface area contributed by atoms with Gasteiger partial charge in [0.1, 0.15) is 6.10 Å². The lowest BCUT2D eigenvalue weighted by molar-refractivity contribution is -0.0222. The lowest BCUT2D eigenvalue weighted by atomic mass is 10.0. The highest BCUT2D eigenvalue weighted by atomic mass is 32.1. The maximum atomic E-state index is 13.1. The fourth-order valence-electron chi connectivity index (χ4n) is 3.79. The van der Waals surface area contributed by atoms with Crippen molar-refractivity contribution in [3.05, 3.63) is 52.2 Å². The largest absolute Gasteiger partial charge is 0.383 e. The van der Waals surface area contributed by atoms with Crippen molar-refractivity contribution in [2.45, 2.75) is 13.0 Å². The second kappa shape index (κ2) is 9.17. The van der Waals surface area contributed by atoms with Crippen LogP contribution in [0.3, 0.4) is 0 Å². The summed E-state index contributed by atoms with van der Waals surface area (Å²) < 4.78 is 13.8. The number of fused-ring (bicyclic) bond motifs is 1. The Bertz CT molecular complexity index is 1110. The minimum absolute atomic E-state index is 0.0652. The predicted octanol–water partition coefficient (Wildman–Crippen LogP) is 2.53. The first-order valence-electron chi connectivity index (χ1n) is 10.2. The highest BCUT2D eigenvalue weighted by Crippen LogP contribution is 2.38. The van der Waals surface area contributed by atoms with E-state index in [1.165, 1.54) is 11.3 Å². The summed E-state index contributed by atoms with van der Waals surface area (Å²) in [5, 5.41) is 8.09. The number of carbonyl (C=O) groups excluding carboxylic acids is 2. The molecule has 164 valence electrons. The molecule has 1 aliphatic rings. The summed E-state index contributed by atoms with van der Waals surface area (Å²) in [5.74, 6) is -0.215. The van der Waals surface area contributed by atoms with Crippen LogP contribution in [0, 0.1) is 6.92 Å². The van der Waals surface area contributed by atoms with Gasteiger partial charge in [-0.2, -0.15) is 5.10 Å². The normalized spacial score (nSPS) is 16.6. The van der Waals surface area contributed by atoms with E-state index in [4.69, 9.17) is 9.47 Å². The Morgan fingerprint density at radius 2 is 2.16 bits per heavy atom. The Hall–Kier alpha value is -2.75. The van der Waals surface area contributed by atoms with Crippen molar-refractivity contribution in [3.8, 4) is 0 Å². The number of methoxy groups -OCH3 is 1. The second-order valence-electron chi connectivity index (χ2n) is 7.47. The van der Waals surface area contributed by atoms with Gasteiger partial charge in [-0.3, -0.25) is 14.3 Å². The summed E-state index contributed by atoms with van der Waals surface area (Å²) in [4.78, 5) is 28.5. The van der Waals surface area contributed by atoms with Gasteiger partial charge in [0.2, 0.25) is 0 Å². The second-order valence-corrected chi connectivity index (χ2v) is 8.52. The van der Waals surface area contributed by atoms with Crippen molar-refractivity contribution < 1.29 is 19.1 Å². The van der Waals surface area contributed by atoms with E-state index in [-0.39, 0.29) is 17.9 Å². The molecule has 0 unspecified atom stereocenters. The molecule has 1 saturated heterocycles. The van der Waals surface area contributed by atoms with Crippen LogP contribution < -0.4 is 5.32 Å². The molecule has 3 heterocycles. The van der Waals surface area contributed by atoms with Crippen LogP contribution in [0.2, 0.25) is 0 Å². The fraction of sp³-hybridized carbons (Fsp3) is 0.409. The van der Waals surface area contributed by atoms with Crippen molar-refractivity contribution in [1.82, 2.24) is 20.0 Å². The summed E-state index contributed by atoms with van der Waals surface area (Å²) in [7, 11) is 3.42. The summed E-state index contributed by atoms with van der Waals surface area (Å²) in [6.45, 7) is 4.04. The van der Waals surface area contributed by atoms with Crippen LogP contribution in [0.5, 0.6) is 0 Å². The smallest absolute Gasteiger partial charge is 0.261 e. The Kier molecular flexibility index (Phi) is 6.35. The van der Waals surface area contributed by atoms with E-state index >= 15 is 0 Å². The first-order valence-corrected chi connectivity index (χ1v) is 11.0. The molecule has 9 heteroatoms. The highest BCUT2D eigenvalue weighted by molar-refractivity contribution is 7.21. The monoisotopic (exact) mass is 442 g/mol. The SMILES string of the molecule is COCCNC(=O)c1sc2ccccc2c1[C@H]1CN(C(=O)c2cnn(C)c2C)CCO1. The van der Waals surface area contributed by atoms with E-state index in [1.54, 1.807) is 22.9 Å². The molecule has 2 aromatic heterocycles.